The van der Waals surface area contributed by atoms with Crippen LogP contribution in [0.2, 0.25) is 5.02 Å². The van der Waals surface area contributed by atoms with E-state index in [-0.39, 0.29) is 11.3 Å². The van der Waals surface area contributed by atoms with Crippen molar-refractivity contribution in [2.75, 3.05) is 18.5 Å². The maximum atomic E-state index is 11.9. The van der Waals surface area contributed by atoms with Crippen molar-refractivity contribution in [3.8, 4) is 0 Å². The second-order valence-corrected chi connectivity index (χ2v) is 5.59. The van der Waals surface area contributed by atoms with Crippen LogP contribution in [-0.4, -0.2) is 35.9 Å². The maximum Gasteiger partial charge on any atom is 0.325 e. The van der Waals surface area contributed by atoms with Gasteiger partial charge in [-0.2, -0.15) is 0 Å². The van der Waals surface area contributed by atoms with Crippen LogP contribution in [0.4, 0.5) is 11.4 Å². The summed E-state index contributed by atoms with van der Waals surface area (Å²) >= 11 is 5.89. The molecule has 0 heterocycles. The fourth-order valence-electron chi connectivity index (χ4n) is 1.96. The summed E-state index contributed by atoms with van der Waals surface area (Å²) in [7, 11) is 0. The second-order valence-electron chi connectivity index (χ2n) is 5.18. The molecule has 0 atom stereocenters. The third kappa shape index (κ3) is 6.08. The smallest absolute Gasteiger partial charge is 0.325 e. The molecule has 0 spiro atoms. The third-order valence-electron chi connectivity index (χ3n) is 3.22. The van der Waals surface area contributed by atoms with Gasteiger partial charge in [-0.25, -0.2) is 0 Å². The predicted molar refractivity (Wildman–Crippen MR) is 96.5 cm³/mol. The number of hydrogen-bond acceptors (Lipinski definition) is 6. The zero-order valence-corrected chi connectivity index (χ0v) is 14.6. The molecule has 140 valence electrons. The highest BCUT2D eigenvalue weighted by Gasteiger charge is 2.14. The number of amides is 2. The Morgan fingerprint density at radius 3 is 2.56 bits per heavy atom. The molecule has 2 amide bonds. The second kappa shape index (κ2) is 9.30. The van der Waals surface area contributed by atoms with E-state index in [2.05, 4.69) is 10.6 Å². The molecule has 2 aromatic carbocycles. The number of hydrogen-bond donors (Lipinski definition) is 2. The number of carbonyl (C=O) groups excluding carboxylic acids is 3. The van der Waals surface area contributed by atoms with Gasteiger partial charge in [0.05, 0.1) is 15.6 Å². The minimum absolute atomic E-state index is 0.0217. The Kier molecular flexibility index (Phi) is 6.84. The molecule has 0 saturated carbocycles. The van der Waals surface area contributed by atoms with Gasteiger partial charge in [0, 0.05) is 17.7 Å². The molecule has 2 aromatic rings. The van der Waals surface area contributed by atoms with Crippen molar-refractivity contribution in [3.05, 3.63) is 69.2 Å². The number of rotatable bonds is 7. The van der Waals surface area contributed by atoms with Crippen molar-refractivity contribution < 1.29 is 24.0 Å². The molecule has 10 heteroatoms. The van der Waals surface area contributed by atoms with E-state index in [4.69, 9.17) is 16.3 Å². The van der Waals surface area contributed by atoms with E-state index in [1.165, 1.54) is 18.2 Å². The van der Waals surface area contributed by atoms with E-state index in [1.807, 2.05) is 0 Å². The first-order valence-corrected chi connectivity index (χ1v) is 7.97. The summed E-state index contributed by atoms with van der Waals surface area (Å²) in [6, 6.07) is 11.6. The lowest BCUT2D eigenvalue weighted by atomic mass is 10.2. The van der Waals surface area contributed by atoms with Crippen LogP contribution in [0.5, 0.6) is 0 Å². The lowest BCUT2D eigenvalue weighted by molar-refractivity contribution is -0.384. The van der Waals surface area contributed by atoms with E-state index in [0.29, 0.717) is 10.7 Å². The number of esters is 1. The van der Waals surface area contributed by atoms with Crippen LogP contribution in [0.1, 0.15) is 10.4 Å². The monoisotopic (exact) mass is 391 g/mol. The minimum Gasteiger partial charge on any atom is -0.454 e. The molecule has 0 aromatic heterocycles. The van der Waals surface area contributed by atoms with Gasteiger partial charge in [0.25, 0.3) is 17.5 Å². The van der Waals surface area contributed by atoms with E-state index in [9.17, 15) is 24.5 Å². The van der Waals surface area contributed by atoms with Crippen molar-refractivity contribution in [1.82, 2.24) is 5.32 Å². The first-order valence-electron chi connectivity index (χ1n) is 7.59. The van der Waals surface area contributed by atoms with Gasteiger partial charge in [0.15, 0.2) is 6.61 Å². The Bertz CT molecular complexity index is 886. The van der Waals surface area contributed by atoms with Gasteiger partial charge >= 0.3 is 5.97 Å². The van der Waals surface area contributed by atoms with Gasteiger partial charge in [-0.3, -0.25) is 24.5 Å². The minimum atomic E-state index is -0.844. The number of benzene rings is 2. The summed E-state index contributed by atoms with van der Waals surface area (Å²) in [6.07, 6.45) is 0. The number of halogens is 1. The first kappa shape index (κ1) is 19.9. The molecule has 27 heavy (non-hydrogen) atoms. The highest BCUT2D eigenvalue weighted by Crippen LogP contribution is 2.20. The summed E-state index contributed by atoms with van der Waals surface area (Å²) in [6.45, 7) is -1.06. The fourth-order valence-corrected chi connectivity index (χ4v) is 2.14. The molecule has 0 aliphatic rings. The number of para-hydroxylation sites is 1. The van der Waals surface area contributed by atoms with Crippen LogP contribution in [0, 0.1) is 10.1 Å². The van der Waals surface area contributed by atoms with Crippen LogP contribution < -0.4 is 10.6 Å². The predicted octanol–water partition coefficient (Wildman–Crippen LogP) is 2.16. The third-order valence-corrected chi connectivity index (χ3v) is 3.55. The molecule has 0 radical (unpaired) electrons. The Morgan fingerprint density at radius 2 is 1.85 bits per heavy atom. The topological polar surface area (TPSA) is 128 Å². The summed E-state index contributed by atoms with van der Waals surface area (Å²) < 4.78 is 4.75. The summed E-state index contributed by atoms with van der Waals surface area (Å²) in [5.74, 6) is -2.12. The van der Waals surface area contributed by atoms with Crippen LogP contribution in [0.3, 0.4) is 0 Å². The summed E-state index contributed by atoms with van der Waals surface area (Å²) in [5, 5.41) is 15.8. The number of nitro benzene ring substituents is 1. The van der Waals surface area contributed by atoms with Gasteiger partial charge in [-0.1, -0.05) is 29.8 Å². The number of carbonyl (C=O) groups is 3. The molecule has 0 bridgehead atoms. The number of ether oxygens (including phenoxy) is 1. The van der Waals surface area contributed by atoms with Crippen LogP contribution in [-0.2, 0) is 14.3 Å². The molecular formula is C17H14ClN3O6. The lowest BCUT2D eigenvalue weighted by Crippen LogP contribution is -2.32. The van der Waals surface area contributed by atoms with Crippen molar-refractivity contribution >= 4 is 40.8 Å². The van der Waals surface area contributed by atoms with Gasteiger partial charge in [-0.15, -0.1) is 0 Å². The van der Waals surface area contributed by atoms with Gasteiger partial charge in [-0.05, 0) is 18.2 Å². The maximum absolute atomic E-state index is 11.9. The molecular weight excluding hydrogens is 378 g/mol. The highest BCUT2D eigenvalue weighted by molar-refractivity contribution is 6.33. The van der Waals surface area contributed by atoms with E-state index in [1.54, 1.807) is 24.3 Å². The van der Waals surface area contributed by atoms with Crippen LogP contribution in [0.15, 0.2) is 48.5 Å². The quantitative estimate of drug-likeness (QED) is 0.423. The molecule has 0 fully saturated rings. The number of nitrogens with zero attached hydrogens (tertiary/aromatic N) is 1. The van der Waals surface area contributed by atoms with Gasteiger partial charge in [0.2, 0.25) is 0 Å². The van der Waals surface area contributed by atoms with Crippen molar-refractivity contribution in [2.45, 2.75) is 0 Å². The normalized spacial score (nSPS) is 9.96. The Labute approximate surface area is 158 Å². The van der Waals surface area contributed by atoms with Crippen molar-refractivity contribution in [3.63, 3.8) is 0 Å². The lowest BCUT2D eigenvalue weighted by Gasteiger charge is -2.08. The molecule has 2 rings (SSSR count). The zero-order chi connectivity index (χ0) is 19.8. The number of non-ortho nitro benzene ring substituents is 1. The van der Waals surface area contributed by atoms with Crippen LogP contribution >= 0.6 is 11.6 Å². The average Bonchev–Trinajstić information content (AvgIpc) is 2.66. The molecule has 0 saturated heterocycles. The fraction of sp³-hybridized carbons (Fsp3) is 0.118. The standard InChI is InChI=1S/C17H14ClN3O6/c18-13-6-1-2-7-14(13)20-15(22)10-27-16(23)9-19-17(24)11-4-3-5-12(8-11)21(25)26/h1-8H,9-10H2,(H,19,24)(H,20,22). The molecule has 9 nitrogen and oxygen atoms in total. The number of nitro groups is 1. The molecule has 0 unspecified atom stereocenters. The number of nitrogens with one attached hydrogen (secondary N) is 2. The molecule has 0 aliphatic carbocycles. The Morgan fingerprint density at radius 1 is 1.11 bits per heavy atom. The van der Waals surface area contributed by atoms with E-state index < -0.39 is 35.9 Å². The molecule has 2 N–H and O–H groups in total. The van der Waals surface area contributed by atoms with E-state index >= 15 is 0 Å². The Balaban J connectivity index is 1.78. The first-order chi connectivity index (χ1) is 12.9. The number of anilines is 1. The van der Waals surface area contributed by atoms with Crippen LogP contribution in [0.25, 0.3) is 0 Å². The Hall–Kier alpha value is -3.46. The van der Waals surface area contributed by atoms with Crippen molar-refractivity contribution in [1.29, 1.82) is 0 Å². The molecule has 0 aliphatic heterocycles. The average molecular weight is 392 g/mol. The SMILES string of the molecule is O=C(COC(=O)CNC(=O)c1cccc([N+](=O)[O-])c1)Nc1ccccc1Cl. The van der Waals surface area contributed by atoms with Crippen molar-refractivity contribution in [2.24, 2.45) is 0 Å². The van der Waals surface area contributed by atoms with E-state index in [0.717, 1.165) is 6.07 Å². The van der Waals surface area contributed by atoms with Gasteiger partial charge < -0.3 is 15.4 Å². The highest BCUT2D eigenvalue weighted by atomic mass is 35.5. The summed E-state index contributed by atoms with van der Waals surface area (Å²) in [4.78, 5) is 45.3. The zero-order valence-electron chi connectivity index (χ0n) is 13.8. The van der Waals surface area contributed by atoms with Gasteiger partial charge in [0.1, 0.15) is 6.54 Å². The summed E-state index contributed by atoms with van der Waals surface area (Å²) in [5.41, 5.74) is 0.147. The largest absolute Gasteiger partial charge is 0.454 e.